The van der Waals surface area contributed by atoms with Gasteiger partial charge in [0.2, 0.25) is 0 Å². The van der Waals surface area contributed by atoms with Gasteiger partial charge in [-0.2, -0.15) is 4.80 Å². The first-order valence-corrected chi connectivity index (χ1v) is 7.36. The third-order valence-corrected chi connectivity index (χ3v) is 3.46. The van der Waals surface area contributed by atoms with Crippen molar-refractivity contribution in [3.8, 4) is 0 Å². The molecule has 0 spiro atoms. The number of benzene rings is 1. The van der Waals surface area contributed by atoms with E-state index in [-0.39, 0.29) is 16.1 Å². The van der Waals surface area contributed by atoms with Crippen LogP contribution < -0.4 is 5.32 Å². The van der Waals surface area contributed by atoms with E-state index in [1.54, 1.807) is 10.9 Å². The van der Waals surface area contributed by atoms with Gasteiger partial charge in [-0.1, -0.05) is 11.6 Å². The van der Waals surface area contributed by atoms with E-state index < -0.39 is 5.82 Å². The second kappa shape index (κ2) is 5.69. The highest BCUT2D eigenvalue weighted by Crippen LogP contribution is 2.26. The second-order valence-corrected chi connectivity index (χ2v) is 6.41. The van der Waals surface area contributed by atoms with Crippen LogP contribution in [0.4, 0.5) is 10.2 Å². The summed E-state index contributed by atoms with van der Waals surface area (Å²) in [4.78, 5) is 9.61. The molecule has 0 aliphatic carbocycles. The zero-order chi connectivity index (χ0) is 16.6. The molecule has 0 atom stereocenters. The SMILES string of the molecule is CC(C)(C)n1nnc(CNc2ncnc3c(F)c(Cl)ccc23)n1. The average molecular weight is 336 g/mol. The molecule has 7 nitrogen and oxygen atoms in total. The van der Waals surface area contributed by atoms with Crippen molar-refractivity contribution in [3.63, 3.8) is 0 Å². The van der Waals surface area contributed by atoms with Gasteiger partial charge in [-0.3, -0.25) is 0 Å². The summed E-state index contributed by atoms with van der Waals surface area (Å²) in [5.41, 5.74) is -0.0754. The first kappa shape index (κ1) is 15.5. The van der Waals surface area contributed by atoms with Crippen LogP contribution in [0, 0.1) is 5.82 Å². The number of rotatable bonds is 3. The minimum absolute atomic E-state index is 0.0249. The summed E-state index contributed by atoms with van der Waals surface area (Å²) in [7, 11) is 0. The summed E-state index contributed by atoms with van der Waals surface area (Å²) in [6.07, 6.45) is 1.28. The highest BCUT2D eigenvalue weighted by Gasteiger charge is 2.17. The molecule has 1 N–H and O–H groups in total. The van der Waals surface area contributed by atoms with Crippen molar-refractivity contribution in [1.29, 1.82) is 0 Å². The number of nitrogens with one attached hydrogen (secondary N) is 1. The molecule has 1 aromatic carbocycles. The summed E-state index contributed by atoms with van der Waals surface area (Å²) < 4.78 is 14.0. The van der Waals surface area contributed by atoms with Crippen molar-refractivity contribution in [1.82, 2.24) is 30.2 Å². The number of hydrogen-bond acceptors (Lipinski definition) is 6. The van der Waals surface area contributed by atoms with E-state index in [1.165, 1.54) is 12.4 Å². The van der Waals surface area contributed by atoms with Crippen molar-refractivity contribution in [2.45, 2.75) is 32.9 Å². The van der Waals surface area contributed by atoms with Gasteiger partial charge in [0.25, 0.3) is 0 Å². The Morgan fingerprint density at radius 2 is 2.04 bits per heavy atom. The van der Waals surface area contributed by atoms with E-state index in [9.17, 15) is 4.39 Å². The fourth-order valence-corrected chi connectivity index (χ4v) is 2.13. The molecule has 23 heavy (non-hydrogen) atoms. The second-order valence-electron chi connectivity index (χ2n) is 6.00. The van der Waals surface area contributed by atoms with Gasteiger partial charge in [0.15, 0.2) is 11.6 Å². The van der Waals surface area contributed by atoms with Gasteiger partial charge in [0, 0.05) is 5.39 Å². The number of hydrogen-bond donors (Lipinski definition) is 1. The third-order valence-electron chi connectivity index (χ3n) is 3.17. The molecule has 3 rings (SSSR count). The minimum atomic E-state index is -0.564. The molecular formula is C14H15ClFN7. The van der Waals surface area contributed by atoms with E-state index in [2.05, 4.69) is 30.7 Å². The molecule has 0 saturated heterocycles. The molecule has 2 heterocycles. The normalized spacial score (nSPS) is 11.9. The first-order valence-electron chi connectivity index (χ1n) is 6.98. The number of fused-ring (bicyclic) bond motifs is 1. The number of nitrogens with zero attached hydrogens (tertiary/aromatic N) is 6. The van der Waals surface area contributed by atoms with Gasteiger partial charge in [-0.15, -0.1) is 10.2 Å². The monoisotopic (exact) mass is 335 g/mol. The lowest BCUT2D eigenvalue weighted by Crippen LogP contribution is -2.24. The topological polar surface area (TPSA) is 81.4 Å². The fourth-order valence-electron chi connectivity index (χ4n) is 1.97. The minimum Gasteiger partial charge on any atom is -0.362 e. The maximum absolute atomic E-state index is 14.0. The van der Waals surface area contributed by atoms with Crippen LogP contribution in [0.1, 0.15) is 26.6 Å². The van der Waals surface area contributed by atoms with Crippen LogP contribution in [-0.2, 0) is 12.1 Å². The van der Waals surface area contributed by atoms with Gasteiger partial charge in [0.05, 0.1) is 17.1 Å². The van der Waals surface area contributed by atoms with E-state index in [0.717, 1.165) is 0 Å². The Kier molecular flexibility index (Phi) is 3.85. The predicted molar refractivity (Wildman–Crippen MR) is 84.6 cm³/mol. The Balaban J connectivity index is 1.85. The van der Waals surface area contributed by atoms with Gasteiger partial charge in [-0.25, -0.2) is 14.4 Å². The molecular weight excluding hydrogens is 321 g/mol. The lowest BCUT2D eigenvalue weighted by atomic mass is 10.1. The standard InChI is InChI=1S/C14H15ClFN7/c1-14(2,3)23-21-10(20-22-23)6-17-13-8-4-5-9(15)11(16)12(8)18-7-19-13/h4-5,7H,6H2,1-3H3,(H,17,18,19). The molecule has 0 aliphatic heterocycles. The van der Waals surface area contributed by atoms with E-state index in [1.807, 2.05) is 20.8 Å². The van der Waals surface area contributed by atoms with Crippen molar-refractivity contribution in [2.75, 3.05) is 5.32 Å². The van der Waals surface area contributed by atoms with Crippen molar-refractivity contribution in [3.05, 3.63) is 35.1 Å². The molecule has 9 heteroatoms. The Hall–Kier alpha value is -2.35. The van der Waals surface area contributed by atoms with Crippen molar-refractivity contribution >= 4 is 28.3 Å². The van der Waals surface area contributed by atoms with Crippen LogP contribution in [0.15, 0.2) is 18.5 Å². The van der Waals surface area contributed by atoms with Gasteiger partial charge in [-0.05, 0) is 38.1 Å². The summed E-state index contributed by atoms with van der Waals surface area (Å²) in [6, 6.07) is 3.14. The van der Waals surface area contributed by atoms with Crippen LogP contribution >= 0.6 is 11.6 Å². The zero-order valence-corrected chi connectivity index (χ0v) is 13.6. The average Bonchev–Trinajstić information content (AvgIpc) is 2.98. The molecule has 0 radical (unpaired) electrons. The Labute approximate surface area is 136 Å². The highest BCUT2D eigenvalue weighted by atomic mass is 35.5. The van der Waals surface area contributed by atoms with Gasteiger partial charge >= 0.3 is 0 Å². The fraction of sp³-hybridized carbons (Fsp3) is 0.357. The summed E-state index contributed by atoms with van der Waals surface area (Å²) in [5.74, 6) is 0.435. The first-order chi connectivity index (χ1) is 10.9. The summed E-state index contributed by atoms with van der Waals surface area (Å²) in [5, 5.41) is 15.9. The quantitative estimate of drug-likeness (QED) is 0.792. The van der Waals surface area contributed by atoms with Crippen molar-refractivity contribution in [2.24, 2.45) is 0 Å². The molecule has 0 bridgehead atoms. The zero-order valence-electron chi connectivity index (χ0n) is 12.9. The highest BCUT2D eigenvalue weighted by molar-refractivity contribution is 6.31. The van der Waals surface area contributed by atoms with Gasteiger partial charge in [0.1, 0.15) is 17.7 Å². The molecule has 120 valence electrons. The maximum atomic E-state index is 14.0. The summed E-state index contributed by atoms with van der Waals surface area (Å²) >= 11 is 5.77. The molecule has 3 aromatic rings. The predicted octanol–water partition coefficient (Wildman–Crippen LogP) is 2.78. The van der Waals surface area contributed by atoms with Crippen LogP contribution in [0.5, 0.6) is 0 Å². The number of tetrazole rings is 1. The molecule has 0 unspecified atom stereocenters. The molecule has 0 aliphatic rings. The number of aromatic nitrogens is 6. The van der Waals surface area contributed by atoms with Crippen molar-refractivity contribution < 1.29 is 4.39 Å². The van der Waals surface area contributed by atoms with Crippen LogP contribution in [0.25, 0.3) is 10.9 Å². The largest absolute Gasteiger partial charge is 0.362 e. The van der Waals surface area contributed by atoms with E-state index in [4.69, 9.17) is 11.6 Å². The lowest BCUT2D eigenvalue weighted by Gasteiger charge is -2.15. The van der Waals surface area contributed by atoms with Gasteiger partial charge < -0.3 is 5.32 Å². The van der Waals surface area contributed by atoms with E-state index >= 15 is 0 Å². The lowest BCUT2D eigenvalue weighted by molar-refractivity contribution is 0.305. The molecule has 0 amide bonds. The maximum Gasteiger partial charge on any atom is 0.193 e. The van der Waals surface area contributed by atoms with E-state index in [0.29, 0.717) is 23.6 Å². The van der Waals surface area contributed by atoms with Crippen LogP contribution in [-0.4, -0.2) is 30.2 Å². The molecule has 0 saturated carbocycles. The summed E-state index contributed by atoms with van der Waals surface area (Å²) in [6.45, 7) is 6.26. The number of anilines is 1. The smallest absolute Gasteiger partial charge is 0.193 e. The Bertz CT molecular complexity index is 856. The Morgan fingerprint density at radius 1 is 1.26 bits per heavy atom. The molecule has 0 fully saturated rings. The van der Waals surface area contributed by atoms with Crippen LogP contribution in [0.2, 0.25) is 5.02 Å². The Morgan fingerprint density at radius 3 is 2.74 bits per heavy atom. The number of halogens is 2. The molecule has 2 aromatic heterocycles. The third kappa shape index (κ3) is 3.07. The van der Waals surface area contributed by atoms with Crippen LogP contribution in [0.3, 0.4) is 0 Å².